The van der Waals surface area contributed by atoms with Crippen LogP contribution in [0.15, 0.2) is 36.8 Å². The topological polar surface area (TPSA) is 73.9 Å². The Morgan fingerprint density at radius 3 is 2.79 bits per heavy atom. The third-order valence-corrected chi connectivity index (χ3v) is 2.65. The van der Waals surface area contributed by atoms with Crippen LogP contribution in [0.2, 0.25) is 0 Å². The number of hydrogen-bond acceptors (Lipinski definition) is 4. The van der Waals surface area contributed by atoms with Gasteiger partial charge in [0.25, 0.3) is 0 Å². The van der Waals surface area contributed by atoms with E-state index in [0.29, 0.717) is 13.1 Å². The number of hydrogen-bond donors (Lipinski definition) is 2. The van der Waals surface area contributed by atoms with Crippen LogP contribution in [0.3, 0.4) is 0 Å². The number of carbonyl (C=O) groups excluding carboxylic acids is 1. The number of H-pyrrole nitrogens is 1. The first-order valence-electron chi connectivity index (χ1n) is 6.06. The van der Waals surface area contributed by atoms with Crippen molar-refractivity contribution < 1.29 is 4.79 Å². The maximum atomic E-state index is 11.7. The predicted molar refractivity (Wildman–Crippen MR) is 71.0 cm³/mol. The molecule has 0 aliphatic carbocycles. The summed E-state index contributed by atoms with van der Waals surface area (Å²) in [5, 5.41) is 9.46. The summed E-state index contributed by atoms with van der Waals surface area (Å²) in [5.74, 6) is -0.00819. The van der Waals surface area contributed by atoms with Crippen molar-refractivity contribution in [1.29, 1.82) is 0 Å². The highest BCUT2D eigenvalue weighted by atomic mass is 16.2. The van der Waals surface area contributed by atoms with E-state index in [2.05, 4.69) is 20.5 Å². The Balaban J connectivity index is 1.72. The number of aromatic amines is 1. The lowest BCUT2D eigenvalue weighted by molar-refractivity contribution is -0.122. The molecule has 2 heterocycles. The van der Waals surface area contributed by atoms with Gasteiger partial charge in [0, 0.05) is 25.1 Å². The molecule has 0 spiro atoms. The van der Waals surface area contributed by atoms with Crippen molar-refractivity contribution in [2.24, 2.45) is 0 Å². The van der Waals surface area contributed by atoms with Gasteiger partial charge in [-0.25, -0.2) is 0 Å². The highest BCUT2D eigenvalue weighted by Gasteiger charge is 2.07. The van der Waals surface area contributed by atoms with Crippen LogP contribution in [0.1, 0.15) is 11.3 Å². The van der Waals surface area contributed by atoms with Gasteiger partial charge < -0.3 is 5.32 Å². The van der Waals surface area contributed by atoms with Gasteiger partial charge in [-0.3, -0.25) is 19.8 Å². The van der Waals surface area contributed by atoms with E-state index in [1.54, 1.807) is 18.6 Å². The lowest BCUT2D eigenvalue weighted by atomic mass is 10.2. The van der Waals surface area contributed by atoms with Crippen molar-refractivity contribution in [3.05, 3.63) is 48.0 Å². The Morgan fingerprint density at radius 2 is 2.11 bits per heavy atom. The monoisotopic (exact) mass is 259 g/mol. The zero-order chi connectivity index (χ0) is 13.5. The van der Waals surface area contributed by atoms with E-state index in [1.165, 1.54) is 0 Å². The zero-order valence-corrected chi connectivity index (χ0v) is 10.8. The molecule has 0 unspecified atom stereocenters. The predicted octanol–water partition coefficient (Wildman–Crippen LogP) is 0.553. The van der Waals surface area contributed by atoms with Gasteiger partial charge in [-0.1, -0.05) is 0 Å². The summed E-state index contributed by atoms with van der Waals surface area (Å²) in [6, 6.07) is 5.72. The minimum Gasteiger partial charge on any atom is -0.349 e. The molecule has 0 aromatic carbocycles. The average Bonchev–Trinajstić information content (AvgIpc) is 2.90. The average molecular weight is 259 g/mol. The molecular weight excluding hydrogens is 242 g/mol. The Hall–Kier alpha value is -2.21. The smallest absolute Gasteiger partial charge is 0.234 e. The third kappa shape index (κ3) is 4.51. The second kappa shape index (κ2) is 6.65. The summed E-state index contributed by atoms with van der Waals surface area (Å²) < 4.78 is 0. The van der Waals surface area contributed by atoms with Crippen molar-refractivity contribution >= 4 is 5.91 Å². The minimum atomic E-state index is -0.00819. The molecule has 0 fully saturated rings. The van der Waals surface area contributed by atoms with Crippen molar-refractivity contribution in [1.82, 2.24) is 25.4 Å². The van der Waals surface area contributed by atoms with Gasteiger partial charge in [0.2, 0.25) is 5.91 Å². The normalized spacial score (nSPS) is 10.6. The van der Waals surface area contributed by atoms with E-state index in [9.17, 15) is 4.79 Å². The van der Waals surface area contributed by atoms with Crippen LogP contribution in [-0.4, -0.2) is 39.6 Å². The number of likely N-dealkylation sites (N-methyl/N-ethyl adjacent to an activating group) is 1. The molecule has 0 saturated heterocycles. The molecular formula is C13H17N5O. The van der Waals surface area contributed by atoms with Crippen molar-refractivity contribution in [3.8, 4) is 0 Å². The highest BCUT2D eigenvalue weighted by molar-refractivity contribution is 5.77. The molecule has 0 bridgehead atoms. The molecule has 100 valence electrons. The third-order valence-electron chi connectivity index (χ3n) is 2.65. The summed E-state index contributed by atoms with van der Waals surface area (Å²) in [4.78, 5) is 17.7. The molecule has 0 aliphatic heterocycles. The zero-order valence-electron chi connectivity index (χ0n) is 10.8. The second-order valence-electron chi connectivity index (χ2n) is 4.39. The molecule has 2 aromatic heterocycles. The van der Waals surface area contributed by atoms with Gasteiger partial charge in [-0.15, -0.1) is 0 Å². The lowest BCUT2D eigenvalue weighted by Gasteiger charge is -2.16. The molecule has 6 nitrogen and oxygen atoms in total. The summed E-state index contributed by atoms with van der Waals surface area (Å²) in [6.07, 6.45) is 5.17. The fourth-order valence-corrected chi connectivity index (χ4v) is 1.73. The van der Waals surface area contributed by atoms with Crippen LogP contribution in [0.25, 0.3) is 0 Å². The molecule has 19 heavy (non-hydrogen) atoms. The standard InChI is InChI=1S/C13H17N5O/c1-18(9-11-2-5-14-6-3-11)10-13(19)15-8-12-4-7-16-17-12/h2-7H,8-10H2,1H3,(H,15,19)(H,16,17). The number of nitrogens with zero attached hydrogens (tertiary/aromatic N) is 3. The van der Waals surface area contributed by atoms with Crippen LogP contribution < -0.4 is 5.32 Å². The van der Waals surface area contributed by atoms with E-state index in [0.717, 1.165) is 17.8 Å². The number of aromatic nitrogens is 3. The number of amides is 1. The summed E-state index contributed by atoms with van der Waals surface area (Å²) in [7, 11) is 1.91. The maximum absolute atomic E-state index is 11.7. The molecule has 2 N–H and O–H groups in total. The van der Waals surface area contributed by atoms with Gasteiger partial charge in [0.05, 0.1) is 18.8 Å². The van der Waals surface area contributed by atoms with Gasteiger partial charge in [0.1, 0.15) is 0 Å². The van der Waals surface area contributed by atoms with Crippen LogP contribution in [-0.2, 0) is 17.9 Å². The molecule has 1 amide bonds. The maximum Gasteiger partial charge on any atom is 0.234 e. The molecule has 2 aromatic rings. The van der Waals surface area contributed by atoms with Crippen molar-refractivity contribution in [2.45, 2.75) is 13.1 Å². The first-order chi connectivity index (χ1) is 9.24. The fraction of sp³-hybridized carbons (Fsp3) is 0.308. The first kappa shape index (κ1) is 13.2. The Labute approximate surface area is 111 Å². The Kier molecular flexibility index (Phi) is 4.63. The van der Waals surface area contributed by atoms with Crippen LogP contribution in [0.5, 0.6) is 0 Å². The van der Waals surface area contributed by atoms with E-state index < -0.39 is 0 Å². The quantitative estimate of drug-likeness (QED) is 0.794. The molecule has 6 heteroatoms. The van der Waals surface area contributed by atoms with Crippen LogP contribution in [0.4, 0.5) is 0 Å². The SMILES string of the molecule is CN(CC(=O)NCc1ccn[nH]1)Cc1ccncc1. The largest absolute Gasteiger partial charge is 0.349 e. The number of carbonyl (C=O) groups is 1. The van der Waals surface area contributed by atoms with Gasteiger partial charge >= 0.3 is 0 Å². The van der Waals surface area contributed by atoms with E-state index in [4.69, 9.17) is 0 Å². The summed E-state index contributed by atoms with van der Waals surface area (Å²) >= 11 is 0. The summed E-state index contributed by atoms with van der Waals surface area (Å²) in [5.41, 5.74) is 2.03. The molecule has 2 rings (SSSR count). The summed E-state index contributed by atoms with van der Waals surface area (Å²) in [6.45, 7) is 1.55. The van der Waals surface area contributed by atoms with E-state index in [1.807, 2.05) is 30.1 Å². The number of rotatable bonds is 6. The van der Waals surface area contributed by atoms with E-state index >= 15 is 0 Å². The second-order valence-corrected chi connectivity index (χ2v) is 4.39. The lowest BCUT2D eigenvalue weighted by Crippen LogP contribution is -2.34. The molecule has 0 saturated carbocycles. The van der Waals surface area contributed by atoms with Gasteiger partial charge in [-0.2, -0.15) is 5.10 Å². The fourth-order valence-electron chi connectivity index (χ4n) is 1.73. The number of pyridine rings is 1. The van der Waals surface area contributed by atoms with Crippen LogP contribution in [0, 0.1) is 0 Å². The number of nitrogens with one attached hydrogen (secondary N) is 2. The Bertz CT molecular complexity index is 497. The Morgan fingerprint density at radius 1 is 1.32 bits per heavy atom. The molecule has 0 aliphatic rings. The van der Waals surface area contributed by atoms with Gasteiger partial charge in [0.15, 0.2) is 0 Å². The molecule has 0 atom stereocenters. The van der Waals surface area contributed by atoms with Crippen LogP contribution >= 0.6 is 0 Å². The highest BCUT2D eigenvalue weighted by Crippen LogP contribution is 2.00. The van der Waals surface area contributed by atoms with Crippen molar-refractivity contribution in [3.63, 3.8) is 0 Å². The van der Waals surface area contributed by atoms with E-state index in [-0.39, 0.29) is 5.91 Å². The van der Waals surface area contributed by atoms with Gasteiger partial charge in [-0.05, 0) is 30.8 Å². The minimum absolute atomic E-state index is 0.00819. The first-order valence-corrected chi connectivity index (χ1v) is 6.06. The molecule has 0 radical (unpaired) electrons. The van der Waals surface area contributed by atoms with Crippen molar-refractivity contribution in [2.75, 3.05) is 13.6 Å².